The van der Waals surface area contributed by atoms with Crippen molar-refractivity contribution < 1.29 is 12.8 Å². The normalized spacial score (nSPS) is 11.3. The first-order valence-electron chi connectivity index (χ1n) is 4.45. The van der Waals surface area contributed by atoms with Crippen molar-refractivity contribution in [2.75, 3.05) is 23.4 Å². The van der Waals surface area contributed by atoms with Gasteiger partial charge in [0.05, 0.1) is 18.1 Å². The highest BCUT2D eigenvalue weighted by molar-refractivity contribution is 7.91. The number of nitrogens with one attached hydrogen (secondary N) is 1. The van der Waals surface area contributed by atoms with Crippen LogP contribution in [0.15, 0.2) is 12.4 Å². The third kappa shape index (κ3) is 4.20. The number of hydrogen-bond acceptors (Lipinski definition) is 5. The first-order chi connectivity index (χ1) is 7.03. The third-order valence-electron chi connectivity index (χ3n) is 1.76. The number of rotatable bonds is 5. The molecular weight excluding hydrogens is 221 g/mol. The van der Waals surface area contributed by atoms with Crippen LogP contribution < -0.4 is 5.32 Å². The molecular formula is C8H12FN3O2S. The van der Waals surface area contributed by atoms with Gasteiger partial charge >= 0.3 is 0 Å². The maximum absolute atomic E-state index is 12.4. The van der Waals surface area contributed by atoms with E-state index in [1.807, 2.05) is 0 Å². The van der Waals surface area contributed by atoms with E-state index in [1.165, 1.54) is 0 Å². The smallest absolute Gasteiger partial charge is 0.222 e. The van der Waals surface area contributed by atoms with Crippen LogP contribution >= 0.6 is 0 Å². The fraction of sp³-hybridized carbons (Fsp3) is 0.500. The summed E-state index contributed by atoms with van der Waals surface area (Å²) in [6, 6.07) is 0. The summed E-state index contributed by atoms with van der Waals surface area (Å²) in [4.78, 5) is 7.26. The van der Waals surface area contributed by atoms with E-state index in [0.717, 1.165) is 12.4 Å². The molecule has 0 saturated carbocycles. The zero-order valence-electron chi connectivity index (χ0n) is 8.27. The summed E-state index contributed by atoms with van der Waals surface area (Å²) in [7, 11) is -2.99. The second kappa shape index (κ2) is 5.01. The van der Waals surface area contributed by atoms with Gasteiger partial charge in [0.1, 0.15) is 0 Å². The fourth-order valence-electron chi connectivity index (χ4n) is 0.866. The molecule has 0 unspecified atom stereocenters. The molecule has 0 aliphatic rings. The maximum Gasteiger partial charge on any atom is 0.222 e. The number of aromatic nitrogens is 2. The molecule has 0 bridgehead atoms. The van der Waals surface area contributed by atoms with Crippen LogP contribution in [0.5, 0.6) is 0 Å². The van der Waals surface area contributed by atoms with Gasteiger partial charge in [0.25, 0.3) is 0 Å². The first-order valence-corrected chi connectivity index (χ1v) is 6.27. The van der Waals surface area contributed by atoms with Crippen LogP contribution in [0.1, 0.15) is 6.92 Å². The van der Waals surface area contributed by atoms with Crippen LogP contribution in [-0.4, -0.2) is 36.4 Å². The van der Waals surface area contributed by atoms with E-state index in [1.54, 1.807) is 6.92 Å². The van der Waals surface area contributed by atoms with Crippen LogP contribution in [-0.2, 0) is 9.84 Å². The Morgan fingerprint density at radius 1 is 1.40 bits per heavy atom. The number of hydrogen-bond donors (Lipinski definition) is 1. The molecule has 5 nitrogen and oxygen atoms in total. The van der Waals surface area contributed by atoms with Gasteiger partial charge in [-0.25, -0.2) is 22.8 Å². The molecule has 0 aliphatic carbocycles. The zero-order chi connectivity index (χ0) is 11.3. The molecule has 15 heavy (non-hydrogen) atoms. The maximum atomic E-state index is 12.4. The van der Waals surface area contributed by atoms with Crippen molar-refractivity contribution >= 4 is 15.8 Å². The quantitative estimate of drug-likeness (QED) is 0.800. The lowest BCUT2D eigenvalue weighted by molar-refractivity contribution is 0.597. The highest BCUT2D eigenvalue weighted by Crippen LogP contribution is 1.98. The van der Waals surface area contributed by atoms with E-state index in [-0.39, 0.29) is 24.0 Å². The Labute approximate surface area is 87.7 Å². The van der Waals surface area contributed by atoms with E-state index in [4.69, 9.17) is 0 Å². The van der Waals surface area contributed by atoms with Crippen molar-refractivity contribution in [2.24, 2.45) is 0 Å². The molecule has 0 aromatic carbocycles. The predicted molar refractivity (Wildman–Crippen MR) is 54.8 cm³/mol. The summed E-state index contributed by atoms with van der Waals surface area (Å²) in [6.45, 7) is 1.81. The predicted octanol–water partition coefficient (Wildman–Crippen LogP) is 0.462. The molecule has 1 aromatic heterocycles. The van der Waals surface area contributed by atoms with Gasteiger partial charge in [-0.2, -0.15) is 0 Å². The number of halogens is 1. The van der Waals surface area contributed by atoms with Crippen molar-refractivity contribution in [3.63, 3.8) is 0 Å². The van der Waals surface area contributed by atoms with Crippen LogP contribution in [0, 0.1) is 5.82 Å². The van der Waals surface area contributed by atoms with Gasteiger partial charge in [0, 0.05) is 12.3 Å². The van der Waals surface area contributed by atoms with Crippen LogP contribution in [0.25, 0.3) is 0 Å². The lowest BCUT2D eigenvalue weighted by atomic mass is 10.6. The molecule has 7 heteroatoms. The third-order valence-corrected chi connectivity index (χ3v) is 3.46. The van der Waals surface area contributed by atoms with Crippen molar-refractivity contribution in [3.8, 4) is 0 Å². The minimum Gasteiger partial charge on any atom is -0.353 e. The van der Waals surface area contributed by atoms with E-state index in [0.29, 0.717) is 0 Å². The highest BCUT2D eigenvalue weighted by Gasteiger charge is 2.06. The molecule has 0 amide bonds. The van der Waals surface area contributed by atoms with Crippen molar-refractivity contribution in [1.82, 2.24) is 9.97 Å². The molecule has 0 atom stereocenters. The SMILES string of the molecule is CCS(=O)(=O)CCNc1ncc(F)cn1. The van der Waals surface area contributed by atoms with Crippen LogP contribution in [0.2, 0.25) is 0 Å². The molecule has 0 saturated heterocycles. The molecule has 0 aliphatic heterocycles. The number of anilines is 1. The largest absolute Gasteiger partial charge is 0.353 e. The molecule has 84 valence electrons. The van der Waals surface area contributed by atoms with E-state index in [2.05, 4.69) is 15.3 Å². The van der Waals surface area contributed by atoms with Gasteiger partial charge in [0.2, 0.25) is 5.95 Å². The second-order valence-corrected chi connectivity index (χ2v) is 5.36. The Morgan fingerprint density at radius 2 is 2.00 bits per heavy atom. The van der Waals surface area contributed by atoms with E-state index in [9.17, 15) is 12.8 Å². The summed E-state index contributed by atoms with van der Waals surface area (Å²) < 4.78 is 34.6. The standard InChI is InChI=1S/C8H12FN3O2S/c1-2-15(13,14)4-3-10-8-11-5-7(9)6-12-8/h5-6H,2-4H2,1H3,(H,10,11,12). The van der Waals surface area contributed by atoms with Gasteiger partial charge in [0.15, 0.2) is 15.7 Å². The Balaban J connectivity index is 2.42. The van der Waals surface area contributed by atoms with Crippen molar-refractivity contribution in [3.05, 3.63) is 18.2 Å². The minimum absolute atomic E-state index is 0.0181. The topological polar surface area (TPSA) is 72.0 Å². The molecule has 0 radical (unpaired) electrons. The Morgan fingerprint density at radius 3 is 2.53 bits per heavy atom. The van der Waals surface area contributed by atoms with Crippen molar-refractivity contribution in [2.45, 2.75) is 6.92 Å². The summed E-state index contributed by atoms with van der Waals surface area (Å²) in [5, 5.41) is 2.69. The lowest BCUT2D eigenvalue weighted by Gasteiger charge is -2.03. The molecule has 1 N–H and O–H groups in total. The summed E-state index contributed by atoms with van der Waals surface area (Å²) >= 11 is 0. The average molecular weight is 233 g/mol. The van der Waals surface area contributed by atoms with Gasteiger partial charge in [-0.1, -0.05) is 6.92 Å². The first kappa shape index (κ1) is 11.8. The van der Waals surface area contributed by atoms with Crippen molar-refractivity contribution in [1.29, 1.82) is 0 Å². The molecule has 1 rings (SSSR count). The van der Waals surface area contributed by atoms with Gasteiger partial charge in [-0.3, -0.25) is 0 Å². The fourth-order valence-corrected chi connectivity index (χ4v) is 1.57. The summed E-state index contributed by atoms with van der Waals surface area (Å²) in [6.07, 6.45) is 2.04. The van der Waals surface area contributed by atoms with Gasteiger partial charge in [-0.05, 0) is 0 Å². The Kier molecular flexibility index (Phi) is 3.96. The monoisotopic (exact) mass is 233 g/mol. The number of sulfone groups is 1. The van der Waals surface area contributed by atoms with Crippen LogP contribution in [0.3, 0.4) is 0 Å². The Hall–Kier alpha value is -1.24. The second-order valence-electron chi connectivity index (χ2n) is 2.89. The van der Waals surface area contributed by atoms with E-state index >= 15 is 0 Å². The average Bonchev–Trinajstić information content (AvgIpc) is 2.21. The van der Waals surface area contributed by atoms with Gasteiger partial charge in [-0.15, -0.1) is 0 Å². The molecule has 1 heterocycles. The van der Waals surface area contributed by atoms with E-state index < -0.39 is 15.7 Å². The molecule has 0 spiro atoms. The van der Waals surface area contributed by atoms with Crippen LogP contribution in [0.4, 0.5) is 10.3 Å². The molecule has 1 aromatic rings. The summed E-state index contributed by atoms with van der Waals surface area (Å²) in [5.41, 5.74) is 0. The summed E-state index contributed by atoms with van der Waals surface area (Å²) in [5.74, 6) is -0.173. The van der Waals surface area contributed by atoms with Gasteiger partial charge < -0.3 is 5.32 Å². The Bertz CT molecular complexity index is 404. The number of nitrogens with zero attached hydrogens (tertiary/aromatic N) is 2. The molecule has 0 fully saturated rings. The highest BCUT2D eigenvalue weighted by atomic mass is 32.2. The lowest BCUT2D eigenvalue weighted by Crippen LogP contribution is -2.18. The zero-order valence-corrected chi connectivity index (χ0v) is 9.09. The minimum atomic E-state index is -2.99.